The zero-order valence-electron chi connectivity index (χ0n) is 5.34. The molecule has 0 saturated heterocycles. The number of thiocarbonyl (C=S) groups is 1. The molecule has 0 aliphatic heterocycles. The minimum Gasteiger partial charge on any atom is -0.207 e. The highest BCUT2D eigenvalue weighted by molar-refractivity contribution is 7.78. The molecule has 0 aliphatic carbocycles. The van der Waals surface area contributed by atoms with E-state index in [0.29, 0.717) is 10.7 Å². The molecule has 0 N–H and O–H groups in total. The van der Waals surface area contributed by atoms with Crippen LogP contribution in [-0.4, -0.2) is 5.16 Å². The van der Waals surface area contributed by atoms with E-state index in [-0.39, 0.29) is 0 Å². The zero-order valence-corrected chi connectivity index (χ0v) is 6.92. The van der Waals surface area contributed by atoms with Gasteiger partial charge in [-0.3, -0.25) is 0 Å². The van der Waals surface area contributed by atoms with E-state index in [9.17, 15) is 4.39 Å². The standard InChI is InChI=1S/C7H3ClFNS/c8-6-2-1-5(9)3-7(6)10-4-11/h1-3H. The molecule has 1 nitrogen and oxygen atoms in total. The van der Waals surface area contributed by atoms with Crippen molar-refractivity contribution in [3.05, 3.63) is 29.0 Å². The fraction of sp³-hybridized carbons (Fsp3) is 0. The molecule has 0 aliphatic rings. The van der Waals surface area contributed by atoms with Crippen molar-refractivity contribution in [1.29, 1.82) is 0 Å². The predicted molar refractivity (Wildman–Crippen MR) is 46.1 cm³/mol. The largest absolute Gasteiger partial charge is 0.207 e. The van der Waals surface area contributed by atoms with Crippen LogP contribution >= 0.6 is 23.8 Å². The maximum atomic E-state index is 12.5. The van der Waals surface area contributed by atoms with Crippen molar-refractivity contribution in [1.82, 2.24) is 0 Å². The van der Waals surface area contributed by atoms with E-state index in [1.54, 1.807) is 0 Å². The van der Waals surface area contributed by atoms with Gasteiger partial charge in [-0.05, 0) is 24.4 Å². The molecule has 0 amide bonds. The first kappa shape index (κ1) is 8.34. The van der Waals surface area contributed by atoms with Gasteiger partial charge < -0.3 is 0 Å². The zero-order chi connectivity index (χ0) is 8.27. The normalized spacial score (nSPS) is 8.91. The topological polar surface area (TPSA) is 12.4 Å². The molecule has 1 rings (SSSR count). The molecular formula is C7H3ClFNS. The summed E-state index contributed by atoms with van der Waals surface area (Å²) in [6.07, 6.45) is 0. The SMILES string of the molecule is Fc1ccc(Cl)c(N=C=S)c1. The molecule has 4 heteroatoms. The molecule has 0 atom stereocenters. The molecule has 0 saturated carbocycles. The van der Waals surface area contributed by atoms with Crippen LogP contribution in [0.2, 0.25) is 5.02 Å². The van der Waals surface area contributed by atoms with E-state index >= 15 is 0 Å². The fourth-order valence-corrected chi connectivity index (χ4v) is 0.879. The van der Waals surface area contributed by atoms with Crippen molar-refractivity contribution in [2.75, 3.05) is 0 Å². The number of nitrogens with zero attached hydrogens (tertiary/aromatic N) is 1. The molecule has 0 bridgehead atoms. The predicted octanol–water partition coefficient (Wildman–Crippen LogP) is 3.21. The summed E-state index contributed by atoms with van der Waals surface area (Å²) in [5.41, 5.74) is 0.307. The van der Waals surface area contributed by atoms with Crippen LogP contribution in [0.25, 0.3) is 0 Å². The Balaban J connectivity index is 3.22. The van der Waals surface area contributed by atoms with Crippen LogP contribution in [-0.2, 0) is 0 Å². The van der Waals surface area contributed by atoms with E-state index in [2.05, 4.69) is 22.4 Å². The summed E-state index contributed by atoms with van der Waals surface area (Å²) < 4.78 is 12.5. The molecule has 0 radical (unpaired) electrons. The van der Waals surface area contributed by atoms with Gasteiger partial charge >= 0.3 is 0 Å². The van der Waals surface area contributed by atoms with Crippen LogP contribution < -0.4 is 0 Å². The Morgan fingerprint density at radius 1 is 1.55 bits per heavy atom. The second kappa shape index (κ2) is 3.58. The van der Waals surface area contributed by atoms with Crippen LogP contribution in [0, 0.1) is 5.82 Å². The lowest BCUT2D eigenvalue weighted by Crippen LogP contribution is -1.72. The molecule has 0 heterocycles. The molecule has 0 unspecified atom stereocenters. The third-order valence-corrected chi connectivity index (χ3v) is 1.49. The van der Waals surface area contributed by atoms with E-state index in [1.165, 1.54) is 18.2 Å². The highest BCUT2D eigenvalue weighted by Crippen LogP contribution is 2.24. The van der Waals surface area contributed by atoms with Crippen LogP contribution in [0.3, 0.4) is 0 Å². The van der Waals surface area contributed by atoms with Gasteiger partial charge in [-0.15, -0.1) is 0 Å². The second-order valence-corrected chi connectivity index (χ2v) is 2.39. The summed E-state index contributed by atoms with van der Waals surface area (Å²) in [5, 5.41) is 2.47. The van der Waals surface area contributed by atoms with Crippen molar-refractivity contribution in [2.45, 2.75) is 0 Å². The first-order valence-corrected chi connectivity index (χ1v) is 3.55. The first-order valence-electron chi connectivity index (χ1n) is 2.77. The quantitative estimate of drug-likeness (QED) is 0.486. The van der Waals surface area contributed by atoms with Gasteiger partial charge in [0.1, 0.15) is 5.82 Å². The van der Waals surface area contributed by atoms with Gasteiger partial charge in [0, 0.05) is 6.07 Å². The Morgan fingerprint density at radius 3 is 2.91 bits per heavy atom. The van der Waals surface area contributed by atoms with Crippen molar-refractivity contribution < 1.29 is 4.39 Å². The highest BCUT2D eigenvalue weighted by Gasteiger charge is 1.98. The van der Waals surface area contributed by atoms with E-state index in [0.717, 1.165) is 0 Å². The monoisotopic (exact) mass is 187 g/mol. The molecule has 11 heavy (non-hydrogen) atoms. The van der Waals surface area contributed by atoms with Gasteiger partial charge in [0.25, 0.3) is 0 Å². The van der Waals surface area contributed by atoms with Crippen molar-refractivity contribution >= 4 is 34.7 Å². The summed E-state index contributed by atoms with van der Waals surface area (Å²) in [4.78, 5) is 3.56. The number of isothiocyanates is 1. The van der Waals surface area contributed by atoms with Crippen LogP contribution in [0.1, 0.15) is 0 Å². The van der Waals surface area contributed by atoms with Crippen LogP contribution in [0.15, 0.2) is 23.2 Å². The molecule has 56 valence electrons. The minimum atomic E-state index is -0.390. The Labute approximate surface area is 73.5 Å². The number of rotatable bonds is 1. The number of hydrogen-bond acceptors (Lipinski definition) is 2. The van der Waals surface area contributed by atoms with Gasteiger partial charge in [-0.25, -0.2) is 4.39 Å². The van der Waals surface area contributed by atoms with Crippen molar-refractivity contribution in [3.63, 3.8) is 0 Å². The number of halogens is 2. The molecule has 0 aromatic heterocycles. The number of hydrogen-bond donors (Lipinski definition) is 0. The Hall–Kier alpha value is -0.760. The Morgan fingerprint density at radius 2 is 2.27 bits per heavy atom. The number of benzene rings is 1. The Bertz CT molecular complexity index is 320. The second-order valence-electron chi connectivity index (χ2n) is 1.80. The van der Waals surface area contributed by atoms with Crippen molar-refractivity contribution in [2.24, 2.45) is 4.99 Å². The van der Waals surface area contributed by atoms with E-state index in [1.807, 2.05) is 0 Å². The van der Waals surface area contributed by atoms with Gasteiger partial charge in [0.05, 0.1) is 15.9 Å². The summed E-state index contributed by atoms with van der Waals surface area (Å²) >= 11 is 9.97. The smallest absolute Gasteiger partial charge is 0.125 e. The maximum Gasteiger partial charge on any atom is 0.125 e. The number of aliphatic imine (C=N–C) groups is 1. The van der Waals surface area contributed by atoms with Gasteiger partial charge in [0.2, 0.25) is 0 Å². The van der Waals surface area contributed by atoms with Crippen molar-refractivity contribution in [3.8, 4) is 0 Å². The average Bonchev–Trinajstić information content (AvgIpc) is 1.98. The third kappa shape index (κ3) is 2.09. The maximum absolute atomic E-state index is 12.5. The first-order chi connectivity index (χ1) is 5.24. The third-order valence-electron chi connectivity index (χ3n) is 1.07. The summed E-state index contributed by atoms with van der Waals surface area (Å²) in [5.74, 6) is -0.390. The van der Waals surface area contributed by atoms with Crippen LogP contribution in [0.5, 0.6) is 0 Å². The van der Waals surface area contributed by atoms with E-state index in [4.69, 9.17) is 11.6 Å². The molecule has 1 aromatic carbocycles. The average molecular weight is 188 g/mol. The van der Waals surface area contributed by atoms with Gasteiger partial charge in [0.15, 0.2) is 0 Å². The molecular weight excluding hydrogens is 185 g/mol. The summed E-state index contributed by atoms with van der Waals surface area (Å²) in [6, 6.07) is 3.87. The van der Waals surface area contributed by atoms with Crippen LogP contribution in [0.4, 0.5) is 10.1 Å². The molecule has 1 aromatic rings. The lowest BCUT2D eigenvalue weighted by molar-refractivity contribution is 0.628. The van der Waals surface area contributed by atoms with Gasteiger partial charge in [-0.2, -0.15) is 4.99 Å². The lowest BCUT2D eigenvalue weighted by Gasteiger charge is -1.93. The Kier molecular flexibility index (Phi) is 2.71. The summed E-state index contributed by atoms with van der Waals surface area (Å²) in [7, 11) is 0. The summed E-state index contributed by atoms with van der Waals surface area (Å²) in [6.45, 7) is 0. The van der Waals surface area contributed by atoms with E-state index < -0.39 is 5.82 Å². The fourth-order valence-electron chi connectivity index (χ4n) is 0.621. The lowest BCUT2D eigenvalue weighted by atomic mass is 10.3. The molecule has 0 fully saturated rings. The van der Waals surface area contributed by atoms with Gasteiger partial charge in [-0.1, -0.05) is 11.6 Å². The highest BCUT2D eigenvalue weighted by atomic mass is 35.5. The minimum absolute atomic E-state index is 0.307. The molecule has 0 spiro atoms.